The summed E-state index contributed by atoms with van der Waals surface area (Å²) < 4.78 is 0. The second-order valence-electron chi connectivity index (χ2n) is 5.65. The van der Waals surface area contributed by atoms with Crippen LogP contribution in [0.5, 0.6) is 0 Å². The molecule has 0 aliphatic rings. The number of carbonyl (C=O) groups is 2. The standard InChI is InChI=1S/C19H21NO4/c21-17(12-15-4-2-1-3-5-15)13-20-18(22)11-8-14-6-9-16(10-7-14)19(23)24/h1-7,9-10,17,21H,8,11-13H2,(H,20,22)(H,23,24). The molecular formula is C19H21NO4. The maximum atomic E-state index is 11.8. The average Bonchev–Trinajstić information content (AvgIpc) is 2.59. The van der Waals surface area contributed by atoms with Crippen molar-refractivity contribution < 1.29 is 19.8 Å². The molecule has 5 nitrogen and oxygen atoms in total. The van der Waals surface area contributed by atoms with E-state index in [1.807, 2.05) is 30.3 Å². The summed E-state index contributed by atoms with van der Waals surface area (Å²) in [6, 6.07) is 16.1. The largest absolute Gasteiger partial charge is 0.478 e. The van der Waals surface area contributed by atoms with Crippen molar-refractivity contribution in [3.8, 4) is 0 Å². The van der Waals surface area contributed by atoms with Crippen molar-refractivity contribution >= 4 is 11.9 Å². The molecule has 2 rings (SSSR count). The fourth-order valence-electron chi connectivity index (χ4n) is 2.35. The Morgan fingerprint density at radius 2 is 1.62 bits per heavy atom. The van der Waals surface area contributed by atoms with E-state index in [1.165, 1.54) is 12.1 Å². The molecule has 0 spiro atoms. The van der Waals surface area contributed by atoms with Gasteiger partial charge in [-0.05, 0) is 29.7 Å². The molecule has 1 amide bonds. The Morgan fingerprint density at radius 3 is 2.25 bits per heavy atom. The number of carboxylic acid groups (broad SMARTS) is 1. The zero-order valence-corrected chi connectivity index (χ0v) is 13.3. The average molecular weight is 327 g/mol. The Labute approximate surface area is 141 Å². The van der Waals surface area contributed by atoms with E-state index in [2.05, 4.69) is 5.32 Å². The van der Waals surface area contributed by atoms with Gasteiger partial charge < -0.3 is 15.5 Å². The first-order valence-electron chi connectivity index (χ1n) is 7.85. The molecule has 0 aromatic heterocycles. The molecule has 0 radical (unpaired) electrons. The van der Waals surface area contributed by atoms with E-state index in [9.17, 15) is 14.7 Å². The molecule has 0 heterocycles. The van der Waals surface area contributed by atoms with Gasteiger partial charge in [-0.15, -0.1) is 0 Å². The van der Waals surface area contributed by atoms with Crippen LogP contribution in [0.3, 0.4) is 0 Å². The van der Waals surface area contributed by atoms with Crippen molar-refractivity contribution in [1.82, 2.24) is 5.32 Å². The van der Waals surface area contributed by atoms with Gasteiger partial charge in [0.15, 0.2) is 0 Å². The molecule has 126 valence electrons. The lowest BCUT2D eigenvalue weighted by molar-refractivity contribution is -0.121. The number of aromatic carboxylic acids is 1. The van der Waals surface area contributed by atoms with Crippen molar-refractivity contribution in [2.45, 2.75) is 25.4 Å². The van der Waals surface area contributed by atoms with Gasteiger partial charge >= 0.3 is 5.97 Å². The first-order chi connectivity index (χ1) is 11.5. The van der Waals surface area contributed by atoms with E-state index in [-0.39, 0.29) is 18.0 Å². The van der Waals surface area contributed by atoms with Crippen LogP contribution in [0.25, 0.3) is 0 Å². The van der Waals surface area contributed by atoms with Crippen LogP contribution in [-0.4, -0.2) is 34.7 Å². The fourth-order valence-corrected chi connectivity index (χ4v) is 2.35. The summed E-state index contributed by atoms with van der Waals surface area (Å²) in [5.41, 5.74) is 2.16. The summed E-state index contributed by atoms with van der Waals surface area (Å²) in [5.74, 6) is -1.10. The highest BCUT2D eigenvalue weighted by Crippen LogP contribution is 2.07. The molecule has 0 saturated carbocycles. The predicted molar refractivity (Wildman–Crippen MR) is 90.9 cm³/mol. The molecule has 2 aromatic carbocycles. The number of carboxylic acids is 1. The van der Waals surface area contributed by atoms with Crippen LogP contribution < -0.4 is 5.32 Å². The molecular weight excluding hydrogens is 306 g/mol. The number of amides is 1. The molecule has 3 N–H and O–H groups in total. The van der Waals surface area contributed by atoms with Crippen molar-refractivity contribution in [1.29, 1.82) is 0 Å². The molecule has 2 aromatic rings. The molecule has 0 aliphatic carbocycles. The lowest BCUT2D eigenvalue weighted by atomic mass is 10.1. The first-order valence-corrected chi connectivity index (χ1v) is 7.85. The van der Waals surface area contributed by atoms with E-state index in [0.717, 1.165) is 11.1 Å². The van der Waals surface area contributed by atoms with Gasteiger partial charge in [0.2, 0.25) is 5.91 Å². The number of hydrogen-bond acceptors (Lipinski definition) is 3. The van der Waals surface area contributed by atoms with Gasteiger partial charge in [-0.25, -0.2) is 4.79 Å². The summed E-state index contributed by atoms with van der Waals surface area (Å²) >= 11 is 0. The van der Waals surface area contributed by atoms with E-state index >= 15 is 0 Å². The van der Waals surface area contributed by atoms with Gasteiger partial charge in [0.25, 0.3) is 0 Å². The minimum absolute atomic E-state index is 0.135. The maximum Gasteiger partial charge on any atom is 0.335 e. The Balaban J connectivity index is 1.70. The lowest BCUT2D eigenvalue weighted by Gasteiger charge is -2.12. The zero-order chi connectivity index (χ0) is 17.4. The van der Waals surface area contributed by atoms with Crippen molar-refractivity contribution in [2.75, 3.05) is 6.54 Å². The highest BCUT2D eigenvalue weighted by Gasteiger charge is 2.09. The van der Waals surface area contributed by atoms with Gasteiger partial charge in [0.1, 0.15) is 0 Å². The van der Waals surface area contributed by atoms with E-state index in [1.54, 1.807) is 12.1 Å². The quantitative estimate of drug-likeness (QED) is 0.692. The monoisotopic (exact) mass is 327 g/mol. The number of rotatable bonds is 8. The number of carbonyl (C=O) groups excluding carboxylic acids is 1. The van der Waals surface area contributed by atoms with Crippen LogP contribution in [0, 0.1) is 0 Å². The van der Waals surface area contributed by atoms with Crippen molar-refractivity contribution in [3.05, 3.63) is 71.3 Å². The van der Waals surface area contributed by atoms with Crippen LogP contribution in [0.2, 0.25) is 0 Å². The Kier molecular flexibility index (Phi) is 6.51. The van der Waals surface area contributed by atoms with Crippen LogP contribution in [0.15, 0.2) is 54.6 Å². The summed E-state index contributed by atoms with van der Waals surface area (Å²) in [6.45, 7) is 0.214. The summed E-state index contributed by atoms with van der Waals surface area (Å²) in [4.78, 5) is 22.6. The minimum atomic E-state index is -0.966. The third kappa shape index (κ3) is 5.85. The number of aliphatic hydroxyl groups is 1. The topological polar surface area (TPSA) is 86.6 Å². The molecule has 1 atom stereocenters. The summed E-state index contributed by atoms with van der Waals surface area (Å²) in [5, 5.41) is 21.5. The van der Waals surface area contributed by atoms with Gasteiger partial charge in [0.05, 0.1) is 11.7 Å². The van der Waals surface area contributed by atoms with E-state index in [0.29, 0.717) is 19.3 Å². The van der Waals surface area contributed by atoms with Gasteiger partial charge in [-0.3, -0.25) is 4.79 Å². The van der Waals surface area contributed by atoms with Crippen LogP contribution in [0.4, 0.5) is 0 Å². The molecule has 24 heavy (non-hydrogen) atoms. The number of nitrogens with one attached hydrogen (secondary N) is 1. The highest BCUT2D eigenvalue weighted by molar-refractivity contribution is 5.87. The first kappa shape index (κ1) is 17.7. The third-order valence-electron chi connectivity index (χ3n) is 3.69. The van der Waals surface area contributed by atoms with E-state index < -0.39 is 12.1 Å². The lowest BCUT2D eigenvalue weighted by Crippen LogP contribution is -2.33. The number of benzene rings is 2. The van der Waals surface area contributed by atoms with Crippen LogP contribution in [0.1, 0.15) is 27.9 Å². The number of aliphatic hydroxyl groups excluding tert-OH is 1. The second-order valence-corrected chi connectivity index (χ2v) is 5.65. The Bertz CT molecular complexity index is 668. The van der Waals surface area contributed by atoms with Gasteiger partial charge in [-0.1, -0.05) is 42.5 Å². The molecule has 5 heteroatoms. The van der Waals surface area contributed by atoms with Crippen LogP contribution in [-0.2, 0) is 17.6 Å². The van der Waals surface area contributed by atoms with Gasteiger partial charge in [0, 0.05) is 19.4 Å². The molecule has 0 saturated heterocycles. The maximum absolute atomic E-state index is 11.8. The smallest absolute Gasteiger partial charge is 0.335 e. The molecule has 1 unspecified atom stereocenters. The molecule has 0 bridgehead atoms. The second kappa shape index (κ2) is 8.84. The van der Waals surface area contributed by atoms with E-state index in [4.69, 9.17) is 5.11 Å². The number of hydrogen-bond donors (Lipinski definition) is 3. The Morgan fingerprint density at radius 1 is 0.958 bits per heavy atom. The molecule has 0 fully saturated rings. The predicted octanol–water partition coefficient (Wildman–Crippen LogP) is 2.04. The normalized spacial score (nSPS) is 11.7. The molecule has 0 aliphatic heterocycles. The third-order valence-corrected chi connectivity index (χ3v) is 3.69. The summed E-state index contributed by atoms with van der Waals surface area (Å²) in [6.07, 6.45) is 0.703. The van der Waals surface area contributed by atoms with Crippen LogP contribution >= 0.6 is 0 Å². The highest BCUT2D eigenvalue weighted by atomic mass is 16.4. The minimum Gasteiger partial charge on any atom is -0.478 e. The zero-order valence-electron chi connectivity index (χ0n) is 13.3. The Hall–Kier alpha value is -2.66. The summed E-state index contributed by atoms with van der Waals surface area (Å²) in [7, 11) is 0. The fraction of sp³-hybridized carbons (Fsp3) is 0.263. The van der Waals surface area contributed by atoms with Gasteiger partial charge in [-0.2, -0.15) is 0 Å². The number of aryl methyl sites for hydroxylation is 1. The SMILES string of the molecule is O=C(CCc1ccc(C(=O)O)cc1)NCC(O)Cc1ccccc1. The van der Waals surface area contributed by atoms with Crippen molar-refractivity contribution in [2.24, 2.45) is 0 Å². The van der Waals surface area contributed by atoms with Crippen molar-refractivity contribution in [3.63, 3.8) is 0 Å².